The zero-order valence-corrected chi connectivity index (χ0v) is 16.9. The van der Waals surface area contributed by atoms with Gasteiger partial charge in [0.1, 0.15) is 0 Å². The van der Waals surface area contributed by atoms with Crippen LogP contribution in [0.5, 0.6) is 0 Å². The SMILES string of the molecule is CC(S)CCCC(O)C=C[C@H]1CCCC(=O)N1CCCCCCC(=O)O. The fourth-order valence-electron chi connectivity index (χ4n) is 3.32. The van der Waals surface area contributed by atoms with Crippen molar-refractivity contribution in [3.8, 4) is 0 Å². The molecule has 6 heteroatoms. The third-order valence-electron chi connectivity index (χ3n) is 4.83. The molecule has 1 aliphatic rings. The van der Waals surface area contributed by atoms with Crippen molar-refractivity contribution in [1.29, 1.82) is 0 Å². The van der Waals surface area contributed by atoms with Gasteiger partial charge in [-0.15, -0.1) is 0 Å². The third-order valence-corrected chi connectivity index (χ3v) is 5.09. The number of piperidine rings is 1. The fraction of sp³-hybridized carbons (Fsp3) is 0.800. The Balaban J connectivity index is 2.37. The Bertz CT molecular complexity index is 453. The van der Waals surface area contributed by atoms with E-state index >= 15 is 0 Å². The Kier molecular flexibility index (Phi) is 11.7. The van der Waals surface area contributed by atoms with Crippen LogP contribution in [0.2, 0.25) is 0 Å². The predicted molar refractivity (Wildman–Crippen MR) is 108 cm³/mol. The third kappa shape index (κ3) is 10.2. The summed E-state index contributed by atoms with van der Waals surface area (Å²) in [5.41, 5.74) is 0. The molecule has 1 heterocycles. The molecule has 0 radical (unpaired) electrons. The van der Waals surface area contributed by atoms with Crippen molar-refractivity contribution < 1.29 is 19.8 Å². The van der Waals surface area contributed by atoms with E-state index in [2.05, 4.69) is 19.6 Å². The molecule has 0 spiro atoms. The minimum Gasteiger partial charge on any atom is -0.481 e. The number of nitrogens with zero attached hydrogens (tertiary/aromatic N) is 1. The lowest BCUT2D eigenvalue weighted by Crippen LogP contribution is -2.43. The van der Waals surface area contributed by atoms with E-state index in [1.807, 2.05) is 17.1 Å². The highest BCUT2D eigenvalue weighted by molar-refractivity contribution is 7.80. The summed E-state index contributed by atoms with van der Waals surface area (Å²) in [6.45, 7) is 2.77. The van der Waals surface area contributed by atoms with Crippen molar-refractivity contribution in [2.75, 3.05) is 6.54 Å². The lowest BCUT2D eigenvalue weighted by molar-refractivity contribution is -0.137. The zero-order valence-electron chi connectivity index (χ0n) is 16.0. The monoisotopic (exact) mass is 385 g/mol. The maximum absolute atomic E-state index is 12.2. The Labute approximate surface area is 163 Å². The molecule has 1 rings (SSSR count). The molecular formula is C20H35NO4S. The first-order chi connectivity index (χ1) is 12.4. The first-order valence-corrected chi connectivity index (χ1v) is 10.5. The molecule has 3 atom stereocenters. The lowest BCUT2D eigenvalue weighted by Gasteiger charge is -2.34. The standard InChI is InChI=1S/C20H35NO4S/c1-16(26)8-6-10-18(22)14-13-17-9-7-11-19(23)21(17)15-5-3-2-4-12-20(24)25/h13-14,16-18,22,26H,2-12,15H2,1H3,(H,24,25)/t16?,17-,18?/m1/s1. The number of hydrogen-bond acceptors (Lipinski definition) is 4. The van der Waals surface area contributed by atoms with Gasteiger partial charge in [-0.05, 0) is 50.2 Å². The molecule has 0 bridgehead atoms. The van der Waals surface area contributed by atoms with Gasteiger partial charge >= 0.3 is 5.97 Å². The molecule has 0 aromatic heterocycles. The molecular weight excluding hydrogens is 350 g/mol. The Hall–Kier alpha value is -1.01. The highest BCUT2D eigenvalue weighted by Gasteiger charge is 2.25. The predicted octanol–water partition coefficient (Wildman–Crippen LogP) is 3.81. The molecule has 0 aromatic carbocycles. The summed E-state index contributed by atoms with van der Waals surface area (Å²) in [5.74, 6) is -0.557. The van der Waals surface area contributed by atoms with Gasteiger partial charge in [0.15, 0.2) is 0 Å². The van der Waals surface area contributed by atoms with Gasteiger partial charge in [-0.3, -0.25) is 9.59 Å². The zero-order chi connectivity index (χ0) is 19.4. The number of carboxylic acids is 1. The summed E-state index contributed by atoms with van der Waals surface area (Å²) in [7, 11) is 0. The summed E-state index contributed by atoms with van der Waals surface area (Å²) in [5, 5.41) is 19.1. The minimum atomic E-state index is -0.746. The van der Waals surface area contributed by atoms with Gasteiger partial charge in [-0.2, -0.15) is 12.6 Å². The summed E-state index contributed by atoms with van der Waals surface area (Å²) >= 11 is 4.35. The molecule has 2 unspecified atom stereocenters. The van der Waals surface area contributed by atoms with Crippen LogP contribution < -0.4 is 0 Å². The molecule has 1 fully saturated rings. The fourth-order valence-corrected chi connectivity index (χ4v) is 3.51. The molecule has 150 valence electrons. The minimum absolute atomic E-state index is 0.0775. The van der Waals surface area contributed by atoms with Crippen LogP contribution in [0.3, 0.4) is 0 Å². The highest BCUT2D eigenvalue weighted by Crippen LogP contribution is 2.21. The molecule has 1 aliphatic heterocycles. The van der Waals surface area contributed by atoms with E-state index in [1.165, 1.54) is 0 Å². The van der Waals surface area contributed by atoms with Crippen LogP contribution in [0.15, 0.2) is 12.2 Å². The van der Waals surface area contributed by atoms with Gasteiger partial charge < -0.3 is 15.1 Å². The van der Waals surface area contributed by atoms with Crippen molar-refractivity contribution in [2.24, 2.45) is 0 Å². The second-order valence-corrected chi connectivity index (χ2v) is 8.22. The second kappa shape index (κ2) is 13.2. The summed E-state index contributed by atoms with van der Waals surface area (Å²) in [6, 6.07) is 0.0775. The molecule has 1 amide bonds. The summed E-state index contributed by atoms with van der Waals surface area (Å²) in [4.78, 5) is 24.7. The van der Waals surface area contributed by atoms with Crippen LogP contribution in [0.4, 0.5) is 0 Å². The van der Waals surface area contributed by atoms with Crippen molar-refractivity contribution in [3.63, 3.8) is 0 Å². The number of aliphatic hydroxyl groups is 1. The van der Waals surface area contributed by atoms with Gasteiger partial charge in [0.2, 0.25) is 5.91 Å². The van der Waals surface area contributed by atoms with Gasteiger partial charge in [0.05, 0.1) is 12.1 Å². The first kappa shape index (κ1) is 23.0. The number of thiol groups is 1. The van der Waals surface area contributed by atoms with Gasteiger partial charge in [0.25, 0.3) is 0 Å². The van der Waals surface area contributed by atoms with Crippen LogP contribution in [-0.2, 0) is 9.59 Å². The molecule has 0 saturated carbocycles. The van der Waals surface area contributed by atoms with E-state index in [1.54, 1.807) is 0 Å². The van der Waals surface area contributed by atoms with Crippen LogP contribution in [0, 0.1) is 0 Å². The molecule has 5 nitrogen and oxygen atoms in total. The number of aliphatic carboxylic acids is 1. The number of carbonyl (C=O) groups is 2. The van der Waals surface area contributed by atoms with E-state index < -0.39 is 12.1 Å². The van der Waals surface area contributed by atoms with Crippen LogP contribution in [-0.4, -0.2) is 50.9 Å². The second-order valence-electron chi connectivity index (χ2n) is 7.34. The smallest absolute Gasteiger partial charge is 0.303 e. The van der Waals surface area contributed by atoms with Gasteiger partial charge in [-0.1, -0.05) is 31.9 Å². The van der Waals surface area contributed by atoms with E-state index in [0.717, 1.165) is 51.4 Å². The van der Waals surface area contributed by atoms with E-state index in [9.17, 15) is 14.7 Å². The van der Waals surface area contributed by atoms with Gasteiger partial charge in [-0.25, -0.2) is 0 Å². The van der Waals surface area contributed by atoms with Crippen LogP contribution in [0.25, 0.3) is 0 Å². The van der Waals surface area contributed by atoms with Crippen LogP contribution in [0.1, 0.15) is 77.6 Å². The number of amides is 1. The molecule has 0 aliphatic carbocycles. The number of carbonyl (C=O) groups excluding carboxylic acids is 1. The van der Waals surface area contributed by atoms with Crippen molar-refractivity contribution in [2.45, 2.75) is 94.9 Å². The van der Waals surface area contributed by atoms with Crippen LogP contribution >= 0.6 is 12.6 Å². The summed E-state index contributed by atoms with van der Waals surface area (Å²) < 4.78 is 0. The quantitative estimate of drug-likeness (QED) is 0.256. The average molecular weight is 386 g/mol. The number of likely N-dealkylation sites (tertiary alicyclic amines) is 1. The number of aliphatic hydroxyl groups excluding tert-OH is 1. The van der Waals surface area contributed by atoms with E-state index in [4.69, 9.17) is 5.11 Å². The van der Waals surface area contributed by atoms with Crippen molar-refractivity contribution in [3.05, 3.63) is 12.2 Å². The Morgan fingerprint density at radius 2 is 2.00 bits per heavy atom. The lowest BCUT2D eigenvalue weighted by atomic mass is 9.99. The number of rotatable bonds is 13. The number of carboxylic acid groups (broad SMARTS) is 1. The molecule has 2 N–H and O–H groups in total. The largest absolute Gasteiger partial charge is 0.481 e. The molecule has 0 aromatic rings. The van der Waals surface area contributed by atoms with Crippen molar-refractivity contribution in [1.82, 2.24) is 4.90 Å². The molecule has 26 heavy (non-hydrogen) atoms. The van der Waals surface area contributed by atoms with Crippen molar-refractivity contribution >= 4 is 24.5 Å². The van der Waals surface area contributed by atoms with E-state index in [-0.39, 0.29) is 18.4 Å². The Morgan fingerprint density at radius 3 is 2.69 bits per heavy atom. The number of unbranched alkanes of at least 4 members (excludes halogenated alkanes) is 3. The van der Waals surface area contributed by atoms with Gasteiger partial charge in [0, 0.05) is 19.4 Å². The topological polar surface area (TPSA) is 77.8 Å². The normalized spacial score (nSPS) is 20.5. The summed E-state index contributed by atoms with van der Waals surface area (Å²) in [6.07, 6.45) is 12.1. The molecule has 1 saturated heterocycles. The maximum atomic E-state index is 12.2. The Morgan fingerprint density at radius 1 is 1.27 bits per heavy atom. The average Bonchev–Trinajstić information content (AvgIpc) is 2.57. The first-order valence-electron chi connectivity index (χ1n) is 9.96. The highest BCUT2D eigenvalue weighted by atomic mass is 32.1. The number of hydrogen-bond donors (Lipinski definition) is 3. The maximum Gasteiger partial charge on any atom is 0.303 e. The van der Waals surface area contributed by atoms with E-state index in [0.29, 0.717) is 24.6 Å².